The number of hydrogen-bond donors (Lipinski definition) is 1. The second kappa shape index (κ2) is 6.59. The molecule has 2 aliphatic rings. The molecule has 0 saturated carbocycles. The summed E-state index contributed by atoms with van der Waals surface area (Å²) < 4.78 is 5.90. The SMILES string of the molecule is CCOc1cccc2c1[C@H](N1CCCCCC1)CNC2. The molecule has 0 unspecified atom stereocenters. The van der Waals surface area contributed by atoms with Gasteiger partial charge in [-0.05, 0) is 44.5 Å². The third-order valence-corrected chi connectivity index (χ3v) is 4.52. The van der Waals surface area contributed by atoms with Crippen molar-refractivity contribution in [3.8, 4) is 5.75 Å². The second-order valence-electron chi connectivity index (χ2n) is 5.86. The molecule has 0 aliphatic carbocycles. The van der Waals surface area contributed by atoms with E-state index < -0.39 is 0 Å². The van der Waals surface area contributed by atoms with Crippen LogP contribution < -0.4 is 10.1 Å². The molecule has 1 fully saturated rings. The van der Waals surface area contributed by atoms with Crippen LogP contribution in [0.2, 0.25) is 0 Å². The number of nitrogens with one attached hydrogen (secondary N) is 1. The Hall–Kier alpha value is -1.06. The normalized spacial score (nSPS) is 23.9. The molecule has 1 atom stereocenters. The molecule has 0 bridgehead atoms. The molecule has 2 heterocycles. The Morgan fingerprint density at radius 1 is 1.20 bits per heavy atom. The second-order valence-corrected chi connectivity index (χ2v) is 5.86. The molecule has 3 nitrogen and oxygen atoms in total. The Kier molecular flexibility index (Phi) is 4.58. The first-order valence-corrected chi connectivity index (χ1v) is 8.09. The van der Waals surface area contributed by atoms with E-state index in [1.807, 2.05) is 0 Å². The lowest BCUT2D eigenvalue weighted by Gasteiger charge is -2.36. The first kappa shape index (κ1) is 13.9. The van der Waals surface area contributed by atoms with Crippen LogP contribution >= 0.6 is 0 Å². The number of fused-ring (bicyclic) bond motifs is 1. The number of likely N-dealkylation sites (tertiary alicyclic amines) is 1. The molecule has 20 heavy (non-hydrogen) atoms. The van der Waals surface area contributed by atoms with Gasteiger partial charge in [0.15, 0.2) is 0 Å². The van der Waals surface area contributed by atoms with E-state index in [0.29, 0.717) is 6.04 Å². The van der Waals surface area contributed by atoms with Gasteiger partial charge in [-0.3, -0.25) is 4.90 Å². The largest absolute Gasteiger partial charge is 0.494 e. The van der Waals surface area contributed by atoms with Crippen LogP contribution in [0.15, 0.2) is 18.2 Å². The van der Waals surface area contributed by atoms with Crippen molar-refractivity contribution in [2.45, 2.75) is 45.2 Å². The summed E-state index contributed by atoms with van der Waals surface area (Å²) in [6, 6.07) is 6.99. The van der Waals surface area contributed by atoms with Gasteiger partial charge >= 0.3 is 0 Å². The van der Waals surface area contributed by atoms with Gasteiger partial charge in [0.1, 0.15) is 5.75 Å². The molecule has 1 saturated heterocycles. The monoisotopic (exact) mass is 274 g/mol. The van der Waals surface area contributed by atoms with Crippen LogP contribution in [-0.2, 0) is 6.54 Å². The highest BCUT2D eigenvalue weighted by atomic mass is 16.5. The topological polar surface area (TPSA) is 24.5 Å². The van der Waals surface area contributed by atoms with E-state index in [0.717, 1.165) is 25.4 Å². The first-order valence-electron chi connectivity index (χ1n) is 8.09. The molecule has 1 aromatic carbocycles. The Morgan fingerprint density at radius 3 is 2.75 bits per heavy atom. The minimum atomic E-state index is 0.486. The van der Waals surface area contributed by atoms with E-state index in [4.69, 9.17) is 4.74 Å². The van der Waals surface area contributed by atoms with Gasteiger partial charge in [-0.15, -0.1) is 0 Å². The zero-order valence-electron chi connectivity index (χ0n) is 12.5. The summed E-state index contributed by atoms with van der Waals surface area (Å²) in [6.07, 6.45) is 5.44. The van der Waals surface area contributed by atoms with E-state index in [9.17, 15) is 0 Å². The van der Waals surface area contributed by atoms with Crippen LogP contribution in [0.3, 0.4) is 0 Å². The van der Waals surface area contributed by atoms with Crippen molar-refractivity contribution in [2.75, 3.05) is 26.2 Å². The molecule has 0 aromatic heterocycles. The summed E-state index contributed by atoms with van der Waals surface area (Å²) in [4.78, 5) is 2.67. The molecule has 0 spiro atoms. The number of rotatable bonds is 3. The average Bonchev–Trinajstić information content (AvgIpc) is 2.76. The van der Waals surface area contributed by atoms with Crippen molar-refractivity contribution in [3.63, 3.8) is 0 Å². The van der Waals surface area contributed by atoms with Gasteiger partial charge in [0.25, 0.3) is 0 Å². The third kappa shape index (κ3) is 2.84. The number of hydrogen-bond acceptors (Lipinski definition) is 3. The van der Waals surface area contributed by atoms with Crippen molar-refractivity contribution >= 4 is 0 Å². The number of nitrogens with zero attached hydrogens (tertiary/aromatic N) is 1. The average molecular weight is 274 g/mol. The van der Waals surface area contributed by atoms with Crippen LogP contribution in [0.4, 0.5) is 0 Å². The smallest absolute Gasteiger partial charge is 0.124 e. The fraction of sp³-hybridized carbons (Fsp3) is 0.647. The maximum absolute atomic E-state index is 5.90. The Morgan fingerprint density at radius 2 is 2.00 bits per heavy atom. The lowest BCUT2D eigenvalue weighted by Crippen LogP contribution is -2.40. The lowest BCUT2D eigenvalue weighted by atomic mass is 9.94. The third-order valence-electron chi connectivity index (χ3n) is 4.52. The van der Waals surface area contributed by atoms with Gasteiger partial charge in [0.05, 0.1) is 12.6 Å². The van der Waals surface area contributed by atoms with Gasteiger partial charge < -0.3 is 10.1 Å². The predicted molar refractivity (Wildman–Crippen MR) is 82.1 cm³/mol. The minimum absolute atomic E-state index is 0.486. The van der Waals surface area contributed by atoms with Crippen LogP contribution in [-0.4, -0.2) is 31.1 Å². The fourth-order valence-electron chi connectivity index (χ4n) is 3.57. The van der Waals surface area contributed by atoms with Crippen LogP contribution in [0.1, 0.15) is 49.8 Å². The highest BCUT2D eigenvalue weighted by Crippen LogP contribution is 2.35. The van der Waals surface area contributed by atoms with E-state index in [1.54, 1.807) is 0 Å². The molecule has 0 radical (unpaired) electrons. The molecular formula is C17H26N2O. The summed E-state index contributed by atoms with van der Waals surface area (Å²) in [7, 11) is 0. The minimum Gasteiger partial charge on any atom is -0.494 e. The summed E-state index contributed by atoms with van der Waals surface area (Å²) in [5.41, 5.74) is 2.85. The van der Waals surface area contributed by atoms with Gasteiger partial charge in [-0.2, -0.15) is 0 Å². The predicted octanol–water partition coefficient (Wildman–Crippen LogP) is 3.11. The van der Waals surface area contributed by atoms with E-state index in [-0.39, 0.29) is 0 Å². The molecule has 2 aliphatic heterocycles. The van der Waals surface area contributed by atoms with Gasteiger partial charge in [-0.1, -0.05) is 25.0 Å². The molecule has 3 heteroatoms. The molecular weight excluding hydrogens is 248 g/mol. The van der Waals surface area contributed by atoms with E-state index >= 15 is 0 Å². The Balaban J connectivity index is 1.90. The summed E-state index contributed by atoms with van der Waals surface area (Å²) in [5.74, 6) is 1.10. The van der Waals surface area contributed by atoms with Crippen molar-refractivity contribution in [3.05, 3.63) is 29.3 Å². The van der Waals surface area contributed by atoms with Gasteiger partial charge in [0.2, 0.25) is 0 Å². The Labute approximate surface area is 122 Å². The summed E-state index contributed by atoms with van der Waals surface area (Å²) in [5, 5.41) is 3.58. The van der Waals surface area contributed by atoms with Crippen molar-refractivity contribution in [2.24, 2.45) is 0 Å². The maximum Gasteiger partial charge on any atom is 0.124 e. The van der Waals surface area contributed by atoms with Crippen LogP contribution in [0.25, 0.3) is 0 Å². The van der Waals surface area contributed by atoms with E-state index in [2.05, 4.69) is 35.3 Å². The fourth-order valence-corrected chi connectivity index (χ4v) is 3.57. The molecule has 1 aromatic rings. The van der Waals surface area contributed by atoms with Gasteiger partial charge in [0, 0.05) is 18.7 Å². The Bertz CT molecular complexity index is 439. The summed E-state index contributed by atoms with van der Waals surface area (Å²) in [6.45, 7) is 7.30. The zero-order chi connectivity index (χ0) is 13.8. The molecule has 1 N–H and O–H groups in total. The molecule has 0 amide bonds. The number of ether oxygens (including phenoxy) is 1. The maximum atomic E-state index is 5.90. The quantitative estimate of drug-likeness (QED) is 0.916. The number of benzene rings is 1. The van der Waals surface area contributed by atoms with Crippen molar-refractivity contribution < 1.29 is 4.74 Å². The standard InChI is InChI=1S/C17H26N2O/c1-2-20-16-9-7-8-14-12-18-13-15(17(14)16)19-10-5-3-4-6-11-19/h7-9,15,18H,2-6,10-13H2,1H3/t15-/m1/s1. The van der Waals surface area contributed by atoms with Crippen LogP contribution in [0.5, 0.6) is 5.75 Å². The summed E-state index contributed by atoms with van der Waals surface area (Å²) >= 11 is 0. The van der Waals surface area contributed by atoms with E-state index in [1.165, 1.54) is 49.9 Å². The van der Waals surface area contributed by atoms with Crippen molar-refractivity contribution in [1.82, 2.24) is 10.2 Å². The molecule has 110 valence electrons. The highest BCUT2D eigenvalue weighted by Gasteiger charge is 2.29. The zero-order valence-corrected chi connectivity index (χ0v) is 12.5. The van der Waals surface area contributed by atoms with Crippen molar-refractivity contribution in [1.29, 1.82) is 0 Å². The van der Waals surface area contributed by atoms with Crippen LogP contribution in [0, 0.1) is 0 Å². The lowest BCUT2D eigenvalue weighted by molar-refractivity contribution is 0.186. The highest BCUT2D eigenvalue weighted by molar-refractivity contribution is 5.44. The van der Waals surface area contributed by atoms with Gasteiger partial charge in [-0.25, -0.2) is 0 Å². The first-order chi connectivity index (χ1) is 9.90. The molecule has 3 rings (SSSR count).